The predicted octanol–water partition coefficient (Wildman–Crippen LogP) is 6.75. The maximum atomic E-state index is 13.9. The van der Waals surface area contributed by atoms with Gasteiger partial charge in [-0.25, -0.2) is 4.98 Å². The van der Waals surface area contributed by atoms with Crippen LogP contribution in [-0.2, 0) is 26.9 Å². The van der Waals surface area contributed by atoms with Gasteiger partial charge in [0, 0.05) is 13.0 Å². The zero-order valence-corrected chi connectivity index (χ0v) is 25.0. The number of hydrogen-bond donors (Lipinski definition) is 1. The first kappa shape index (κ1) is 32.2. The van der Waals surface area contributed by atoms with E-state index < -0.39 is 35.4 Å². The summed E-state index contributed by atoms with van der Waals surface area (Å²) in [6.07, 6.45) is 5.25. The molecule has 2 fully saturated rings. The van der Waals surface area contributed by atoms with Gasteiger partial charge in [-0.15, -0.1) is 0 Å². The van der Waals surface area contributed by atoms with Gasteiger partial charge >= 0.3 is 6.18 Å². The summed E-state index contributed by atoms with van der Waals surface area (Å²) >= 11 is 0. The summed E-state index contributed by atoms with van der Waals surface area (Å²) in [5, 5.41) is 2.15. The SMILES string of the molecule is CC1CCC(C(C)C)C(OCCCCCCCCc2cccc3nc(C(F)(F)F)n([C@H]4CCC(=O)NC4=O)c(=O)c23)C1. The van der Waals surface area contributed by atoms with Gasteiger partial charge in [-0.3, -0.25) is 24.3 Å². The monoisotopic (exact) mass is 591 g/mol. The summed E-state index contributed by atoms with van der Waals surface area (Å²) in [5.74, 6) is -0.886. The van der Waals surface area contributed by atoms with Crippen molar-refractivity contribution in [2.24, 2.45) is 17.8 Å². The van der Waals surface area contributed by atoms with E-state index in [1.807, 2.05) is 5.32 Å². The van der Waals surface area contributed by atoms with Crippen molar-refractivity contribution in [2.45, 2.75) is 116 Å². The van der Waals surface area contributed by atoms with Crippen LogP contribution in [0.5, 0.6) is 0 Å². The molecule has 3 unspecified atom stereocenters. The van der Waals surface area contributed by atoms with Crippen LogP contribution in [0.1, 0.15) is 109 Å². The normalized spacial score (nSPS) is 23.5. The van der Waals surface area contributed by atoms with E-state index in [2.05, 4.69) is 25.8 Å². The molecule has 1 N–H and O–H groups in total. The van der Waals surface area contributed by atoms with Crippen LogP contribution >= 0.6 is 0 Å². The lowest BCUT2D eigenvalue weighted by Crippen LogP contribution is -2.46. The third kappa shape index (κ3) is 7.79. The van der Waals surface area contributed by atoms with Gasteiger partial charge in [0.05, 0.1) is 17.0 Å². The van der Waals surface area contributed by atoms with E-state index in [4.69, 9.17) is 4.74 Å². The second-order valence-electron chi connectivity index (χ2n) is 12.5. The molecule has 4 atom stereocenters. The van der Waals surface area contributed by atoms with Gasteiger partial charge in [-0.1, -0.05) is 65.0 Å². The number of amides is 2. The van der Waals surface area contributed by atoms with Gasteiger partial charge in [-0.05, 0) is 67.9 Å². The van der Waals surface area contributed by atoms with E-state index in [0.29, 0.717) is 34.5 Å². The Morgan fingerprint density at radius 2 is 1.74 bits per heavy atom. The smallest absolute Gasteiger partial charge is 0.378 e. The molecule has 1 aliphatic carbocycles. The fraction of sp³-hybridized carbons (Fsp3) is 0.688. The first-order valence-electron chi connectivity index (χ1n) is 15.5. The number of nitrogens with one attached hydrogen (secondary N) is 1. The molecule has 7 nitrogen and oxygen atoms in total. The molecule has 1 aliphatic heterocycles. The minimum atomic E-state index is -4.94. The van der Waals surface area contributed by atoms with E-state index in [1.54, 1.807) is 12.1 Å². The summed E-state index contributed by atoms with van der Waals surface area (Å²) in [6, 6.07) is 3.29. The molecule has 2 amide bonds. The maximum absolute atomic E-state index is 13.9. The molecule has 0 spiro atoms. The molecule has 1 aromatic carbocycles. The maximum Gasteiger partial charge on any atom is 0.449 e. The fourth-order valence-electron chi connectivity index (χ4n) is 6.60. The Morgan fingerprint density at radius 3 is 2.43 bits per heavy atom. The first-order chi connectivity index (χ1) is 20.0. The van der Waals surface area contributed by atoms with E-state index in [1.165, 1.54) is 18.9 Å². The van der Waals surface area contributed by atoms with Crippen LogP contribution in [0.4, 0.5) is 13.2 Å². The number of piperidine rings is 1. The lowest BCUT2D eigenvalue weighted by molar-refractivity contribution is -0.150. The number of alkyl halides is 3. The van der Waals surface area contributed by atoms with Crippen LogP contribution in [0.15, 0.2) is 23.0 Å². The van der Waals surface area contributed by atoms with Crippen molar-refractivity contribution in [1.29, 1.82) is 0 Å². The highest BCUT2D eigenvalue weighted by molar-refractivity contribution is 5.99. The third-order valence-corrected chi connectivity index (χ3v) is 8.92. The molecule has 2 aliphatic rings. The van der Waals surface area contributed by atoms with Gasteiger partial charge < -0.3 is 4.74 Å². The number of hydrogen-bond acceptors (Lipinski definition) is 5. The number of unbranched alkanes of at least 4 members (excludes halogenated alkanes) is 5. The van der Waals surface area contributed by atoms with Crippen LogP contribution in [0.25, 0.3) is 10.9 Å². The molecule has 1 saturated carbocycles. The zero-order chi connectivity index (χ0) is 30.4. The van der Waals surface area contributed by atoms with E-state index in [0.717, 1.165) is 57.5 Å². The second kappa shape index (κ2) is 14.1. The molecule has 42 heavy (non-hydrogen) atoms. The average molecular weight is 592 g/mol. The Kier molecular flexibility index (Phi) is 10.8. The van der Waals surface area contributed by atoms with Crippen molar-refractivity contribution >= 4 is 22.7 Å². The van der Waals surface area contributed by atoms with Crippen molar-refractivity contribution < 1.29 is 27.5 Å². The van der Waals surface area contributed by atoms with Gasteiger partial charge in [0.25, 0.3) is 5.56 Å². The van der Waals surface area contributed by atoms with Crippen LogP contribution in [0.3, 0.4) is 0 Å². The molecule has 232 valence electrons. The van der Waals surface area contributed by atoms with Crippen LogP contribution < -0.4 is 10.9 Å². The molecular weight excluding hydrogens is 547 g/mol. The molecule has 1 aromatic heterocycles. The molecule has 2 heterocycles. The topological polar surface area (TPSA) is 90.3 Å². The number of imide groups is 1. The quantitative estimate of drug-likeness (QED) is 0.218. The molecule has 1 saturated heterocycles. The van der Waals surface area contributed by atoms with Crippen LogP contribution in [0, 0.1) is 17.8 Å². The number of fused-ring (bicyclic) bond motifs is 1. The Hall–Kier alpha value is -2.75. The second-order valence-corrected chi connectivity index (χ2v) is 12.5. The Labute approximate surface area is 245 Å². The van der Waals surface area contributed by atoms with Crippen molar-refractivity contribution in [3.8, 4) is 0 Å². The van der Waals surface area contributed by atoms with Gasteiger partial charge in [-0.2, -0.15) is 13.2 Å². The molecule has 2 aromatic rings. The van der Waals surface area contributed by atoms with Crippen LogP contribution in [-0.4, -0.2) is 34.1 Å². The van der Waals surface area contributed by atoms with Crippen molar-refractivity contribution in [3.63, 3.8) is 0 Å². The number of carbonyl (C=O) groups is 2. The first-order valence-corrected chi connectivity index (χ1v) is 15.5. The van der Waals surface area contributed by atoms with Gasteiger partial charge in [0.1, 0.15) is 6.04 Å². The standard InChI is InChI=1S/C32H44F3N3O4/c1-20(2)23-15-14-21(3)19-26(23)42-18-9-7-5-4-6-8-11-22-12-10-13-24-28(22)30(41)38(31(36-24)32(33,34)35)25-16-17-27(39)37-29(25)40/h10,12-13,20-21,23,25-26H,4-9,11,14-19H2,1-3H3,(H,37,39,40)/t21?,23?,25-,26?/m0/s1. The zero-order valence-electron chi connectivity index (χ0n) is 25.0. The minimum absolute atomic E-state index is 0.0413. The fourth-order valence-corrected chi connectivity index (χ4v) is 6.60. The molecule has 0 radical (unpaired) electrons. The largest absolute Gasteiger partial charge is 0.449 e. The number of carbonyl (C=O) groups excluding carboxylic acids is 2. The predicted molar refractivity (Wildman–Crippen MR) is 155 cm³/mol. The number of nitrogens with zero attached hydrogens (tertiary/aromatic N) is 2. The molecule has 10 heteroatoms. The lowest BCUT2D eigenvalue weighted by atomic mass is 9.75. The number of ether oxygens (including phenoxy) is 1. The van der Waals surface area contributed by atoms with Crippen LogP contribution in [0.2, 0.25) is 0 Å². The highest BCUT2D eigenvalue weighted by Gasteiger charge is 2.42. The van der Waals surface area contributed by atoms with Gasteiger partial charge in [0.2, 0.25) is 17.6 Å². The highest BCUT2D eigenvalue weighted by Crippen LogP contribution is 2.35. The van der Waals surface area contributed by atoms with E-state index >= 15 is 0 Å². The Morgan fingerprint density at radius 1 is 1.02 bits per heavy atom. The number of halogens is 3. The highest BCUT2D eigenvalue weighted by atomic mass is 19.4. The number of aromatic nitrogens is 2. The molecule has 0 bridgehead atoms. The number of rotatable bonds is 12. The van der Waals surface area contributed by atoms with Crippen molar-refractivity contribution in [3.05, 3.63) is 39.9 Å². The van der Waals surface area contributed by atoms with Crippen molar-refractivity contribution in [1.82, 2.24) is 14.9 Å². The van der Waals surface area contributed by atoms with E-state index in [9.17, 15) is 27.6 Å². The molecular formula is C32H44F3N3O4. The number of benzene rings is 1. The summed E-state index contributed by atoms with van der Waals surface area (Å²) in [5.41, 5.74) is -0.320. The summed E-state index contributed by atoms with van der Waals surface area (Å²) < 4.78 is 48.6. The lowest BCUT2D eigenvalue weighted by Gasteiger charge is -2.37. The summed E-state index contributed by atoms with van der Waals surface area (Å²) in [7, 11) is 0. The Balaban J connectivity index is 1.32. The van der Waals surface area contributed by atoms with E-state index in [-0.39, 0.29) is 23.7 Å². The average Bonchev–Trinajstić information content (AvgIpc) is 2.92. The summed E-state index contributed by atoms with van der Waals surface area (Å²) in [4.78, 5) is 41.3. The number of aryl methyl sites for hydroxylation is 1. The van der Waals surface area contributed by atoms with Crippen molar-refractivity contribution in [2.75, 3.05) is 6.61 Å². The summed E-state index contributed by atoms with van der Waals surface area (Å²) in [6.45, 7) is 7.69. The van der Waals surface area contributed by atoms with Gasteiger partial charge in [0.15, 0.2) is 0 Å². The Bertz CT molecular complexity index is 1310. The molecule has 4 rings (SSSR count). The minimum Gasteiger partial charge on any atom is -0.378 e. The third-order valence-electron chi connectivity index (χ3n) is 8.92.